The van der Waals surface area contributed by atoms with Crippen molar-refractivity contribution in [2.45, 2.75) is 17.9 Å². The third kappa shape index (κ3) is 3.67. The maximum atomic E-state index is 12.8. The summed E-state index contributed by atoms with van der Waals surface area (Å²) in [5, 5.41) is 0. The molecule has 2 heterocycles. The molecule has 1 N–H and O–H groups in total. The van der Waals surface area contributed by atoms with Crippen LogP contribution < -0.4 is 9.62 Å². The number of anilines is 1. The van der Waals surface area contributed by atoms with Gasteiger partial charge in [-0.3, -0.25) is 9.78 Å². The first-order chi connectivity index (χ1) is 13.5. The molecule has 0 unspecified atom stereocenters. The highest BCUT2D eigenvalue weighted by molar-refractivity contribution is 7.89. The fourth-order valence-electron chi connectivity index (χ4n) is 3.24. The van der Waals surface area contributed by atoms with Gasteiger partial charge in [0.15, 0.2) is 0 Å². The number of pyridine rings is 1. The van der Waals surface area contributed by atoms with E-state index in [1.807, 2.05) is 24.3 Å². The van der Waals surface area contributed by atoms with Crippen molar-refractivity contribution in [2.24, 2.45) is 0 Å². The van der Waals surface area contributed by atoms with E-state index in [-0.39, 0.29) is 17.3 Å². The van der Waals surface area contributed by atoms with Gasteiger partial charge in [0.1, 0.15) is 0 Å². The van der Waals surface area contributed by atoms with Crippen molar-refractivity contribution in [3.8, 4) is 0 Å². The average molecular weight is 393 g/mol. The molecule has 0 bridgehead atoms. The van der Waals surface area contributed by atoms with Crippen molar-refractivity contribution in [3.05, 3.63) is 89.7 Å². The molecule has 1 aromatic heterocycles. The smallest absolute Gasteiger partial charge is 0.258 e. The van der Waals surface area contributed by atoms with Gasteiger partial charge >= 0.3 is 0 Å². The molecule has 4 rings (SSSR count). The van der Waals surface area contributed by atoms with Crippen LogP contribution >= 0.6 is 0 Å². The Bertz CT molecular complexity index is 1100. The summed E-state index contributed by atoms with van der Waals surface area (Å²) in [6, 6.07) is 17.4. The molecule has 7 heteroatoms. The Labute approximate surface area is 163 Å². The maximum Gasteiger partial charge on any atom is 0.258 e. The predicted octanol–water partition coefficient (Wildman–Crippen LogP) is 2.76. The van der Waals surface area contributed by atoms with Gasteiger partial charge in [0.05, 0.1) is 4.90 Å². The summed E-state index contributed by atoms with van der Waals surface area (Å²) in [5.74, 6) is -0.126. The Morgan fingerprint density at radius 2 is 1.71 bits per heavy atom. The number of para-hydroxylation sites is 1. The fraction of sp³-hybridized carbons (Fsp3) is 0.143. The number of carbonyl (C=O) groups is 1. The van der Waals surface area contributed by atoms with E-state index in [0.717, 1.165) is 23.2 Å². The van der Waals surface area contributed by atoms with Gasteiger partial charge in [-0.15, -0.1) is 0 Å². The van der Waals surface area contributed by atoms with E-state index >= 15 is 0 Å². The zero-order valence-corrected chi connectivity index (χ0v) is 15.9. The molecule has 6 nitrogen and oxygen atoms in total. The summed E-state index contributed by atoms with van der Waals surface area (Å²) in [6.07, 6.45) is 4.05. The number of amides is 1. The average Bonchev–Trinajstić information content (AvgIpc) is 3.17. The molecule has 1 aliphatic heterocycles. The lowest BCUT2D eigenvalue weighted by molar-refractivity contribution is 0.0989. The Morgan fingerprint density at radius 1 is 1.00 bits per heavy atom. The van der Waals surface area contributed by atoms with Crippen LogP contribution in [0.15, 0.2) is 78.0 Å². The summed E-state index contributed by atoms with van der Waals surface area (Å²) in [5.41, 5.74) is 3.35. The third-order valence-electron chi connectivity index (χ3n) is 4.76. The van der Waals surface area contributed by atoms with E-state index < -0.39 is 10.0 Å². The Hall–Kier alpha value is -3.03. The van der Waals surface area contributed by atoms with Crippen molar-refractivity contribution in [3.63, 3.8) is 0 Å². The topological polar surface area (TPSA) is 79.4 Å². The summed E-state index contributed by atoms with van der Waals surface area (Å²) in [4.78, 5) is 18.6. The molecule has 3 aromatic rings. The third-order valence-corrected chi connectivity index (χ3v) is 6.18. The van der Waals surface area contributed by atoms with Crippen LogP contribution in [0.5, 0.6) is 0 Å². The first-order valence-corrected chi connectivity index (χ1v) is 10.4. The van der Waals surface area contributed by atoms with Crippen molar-refractivity contribution in [1.29, 1.82) is 0 Å². The van der Waals surface area contributed by atoms with Crippen LogP contribution in [0.1, 0.15) is 21.5 Å². The highest BCUT2D eigenvalue weighted by atomic mass is 32.2. The molecule has 0 fully saturated rings. The molecule has 0 radical (unpaired) electrons. The molecular weight excluding hydrogens is 374 g/mol. The quantitative estimate of drug-likeness (QED) is 0.723. The number of carbonyl (C=O) groups excluding carboxylic acids is 1. The molecule has 28 heavy (non-hydrogen) atoms. The van der Waals surface area contributed by atoms with Crippen LogP contribution in [0, 0.1) is 0 Å². The van der Waals surface area contributed by atoms with Crippen molar-refractivity contribution < 1.29 is 13.2 Å². The minimum absolute atomic E-state index is 0.125. The van der Waals surface area contributed by atoms with Crippen LogP contribution in [-0.4, -0.2) is 25.9 Å². The number of aromatic nitrogens is 1. The molecule has 0 atom stereocenters. The number of hydrogen-bond donors (Lipinski definition) is 1. The van der Waals surface area contributed by atoms with Crippen LogP contribution in [0.3, 0.4) is 0 Å². The van der Waals surface area contributed by atoms with Gasteiger partial charge in [-0.25, -0.2) is 13.1 Å². The molecule has 2 aromatic carbocycles. The van der Waals surface area contributed by atoms with Gasteiger partial charge in [0.2, 0.25) is 10.0 Å². The van der Waals surface area contributed by atoms with Gasteiger partial charge in [0.25, 0.3) is 5.91 Å². The number of sulfonamides is 1. The molecule has 0 aliphatic carbocycles. The van der Waals surface area contributed by atoms with Gasteiger partial charge in [-0.2, -0.15) is 0 Å². The van der Waals surface area contributed by atoms with E-state index in [2.05, 4.69) is 9.71 Å². The van der Waals surface area contributed by atoms with Crippen LogP contribution in [0.25, 0.3) is 0 Å². The zero-order chi connectivity index (χ0) is 19.6. The monoisotopic (exact) mass is 393 g/mol. The lowest BCUT2D eigenvalue weighted by Crippen LogP contribution is -2.29. The summed E-state index contributed by atoms with van der Waals surface area (Å²) in [7, 11) is -3.66. The maximum absolute atomic E-state index is 12.8. The summed E-state index contributed by atoms with van der Waals surface area (Å²) in [6.45, 7) is 0.807. The zero-order valence-electron chi connectivity index (χ0n) is 15.1. The molecule has 1 amide bonds. The standard InChI is InChI=1S/C21H19N3O3S/c25-21(24-14-11-17-3-1-2-4-20(17)24)18-5-7-19(8-6-18)28(26,27)23-15-16-9-12-22-13-10-16/h1-10,12-13,23H,11,14-15H2. The minimum Gasteiger partial charge on any atom is -0.308 e. The second kappa shape index (κ2) is 7.53. The number of benzene rings is 2. The number of nitrogens with one attached hydrogen (secondary N) is 1. The summed E-state index contributed by atoms with van der Waals surface area (Å²) >= 11 is 0. The van der Waals surface area contributed by atoms with Gasteiger partial charge < -0.3 is 4.90 Å². The Morgan fingerprint density at radius 3 is 2.46 bits per heavy atom. The lowest BCUT2D eigenvalue weighted by Gasteiger charge is -2.17. The van der Waals surface area contributed by atoms with Crippen molar-refractivity contribution >= 4 is 21.6 Å². The highest BCUT2D eigenvalue weighted by Gasteiger charge is 2.25. The number of hydrogen-bond acceptors (Lipinski definition) is 4. The van der Waals surface area contributed by atoms with Gasteiger partial charge in [-0.05, 0) is 60.0 Å². The van der Waals surface area contributed by atoms with Gasteiger partial charge in [0, 0.05) is 36.7 Å². The van der Waals surface area contributed by atoms with E-state index in [1.54, 1.807) is 41.6 Å². The van der Waals surface area contributed by atoms with Crippen LogP contribution in [-0.2, 0) is 23.0 Å². The second-order valence-corrected chi connectivity index (χ2v) is 8.31. The second-order valence-electron chi connectivity index (χ2n) is 6.54. The Balaban J connectivity index is 1.48. The SMILES string of the molecule is O=C(c1ccc(S(=O)(=O)NCc2ccncc2)cc1)N1CCc2ccccc21. The molecule has 142 valence electrons. The first kappa shape index (κ1) is 18.3. The highest BCUT2D eigenvalue weighted by Crippen LogP contribution is 2.29. The minimum atomic E-state index is -3.66. The fourth-order valence-corrected chi connectivity index (χ4v) is 4.26. The van der Waals surface area contributed by atoms with Crippen LogP contribution in [0.4, 0.5) is 5.69 Å². The van der Waals surface area contributed by atoms with E-state index in [4.69, 9.17) is 0 Å². The van der Waals surface area contributed by atoms with Crippen molar-refractivity contribution in [2.75, 3.05) is 11.4 Å². The molecule has 1 aliphatic rings. The molecule has 0 saturated carbocycles. The molecule has 0 saturated heterocycles. The molecule has 0 spiro atoms. The van der Waals surface area contributed by atoms with E-state index in [1.165, 1.54) is 12.1 Å². The van der Waals surface area contributed by atoms with Crippen molar-refractivity contribution in [1.82, 2.24) is 9.71 Å². The van der Waals surface area contributed by atoms with Gasteiger partial charge in [-0.1, -0.05) is 18.2 Å². The lowest BCUT2D eigenvalue weighted by atomic mass is 10.1. The summed E-state index contributed by atoms with van der Waals surface area (Å²) < 4.78 is 27.5. The van der Waals surface area contributed by atoms with E-state index in [9.17, 15) is 13.2 Å². The number of rotatable bonds is 5. The Kier molecular flexibility index (Phi) is 4.93. The first-order valence-electron chi connectivity index (χ1n) is 8.93. The normalized spacial score (nSPS) is 13.4. The molecular formula is C21H19N3O3S. The largest absolute Gasteiger partial charge is 0.308 e. The predicted molar refractivity (Wildman–Crippen MR) is 107 cm³/mol. The van der Waals surface area contributed by atoms with E-state index in [0.29, 0.717) is 12.1 Å². The number of nitrogens with zero attached hydrogens (tertiary/aromatic N) is 2. The van der Waals surface area contributed by atoms with Crippen LogP contribution in [0.2, 0.25) is 0 Å². The number of fused-ring (bicyclic) bond motifs is 1.